The highest BCUT2D eigenvalue weighted by molar-refractivity contribution is 6.54. The standard InChI is InChI=1S/C14H7Cl4NO4/c15-9-7(8(14(22)23)10(16)12(18)11(9)17)13(21)19-5-1-3-6(20)4-2-5/h1-4,20H,(H,19,21)(H,22,23). The fourth-order valence-electron chi connectivity index (χ4n) is 1.78. The third-order valence-corrected chi connectivity index (χ3v) is 4.64. The molecular formula is C14H7Cl4NO4. The molecule has 0 bridgehead atoms. The molecule has 0 atom stereocenters. The first kappa shape index (κ1) is 17.7. The number of hydrogen-bond donors (Lipinski definition) is 3. The first-order chi connectivity index (χ1) is 10.7. The van der Waals surface area contributed by atoms with E-state index in [1.54, 1.807) is 0 Å². The number of anilines is 1. The minimum atomic E-state index is -1.48. The molecule has 0 fully saturated rings. The van der Waals surface area contributed by atoms with Crippen LogP contribution in [0.15, 0.2) is 24.3 Å². The highest BCUT2D eigenvalue weighted by Gasteiger charge is 2.28. The van der Waals surface area contributed by atoms with Crippen molar-refractivity contribution in [1.29, 1.82) is 0 Å². The Kier molecular flexibility index (Phi) is 5.26. The van der Waals surface area contributed by atoms with Gasteiger partial charge in [-0.15, -0.1) is 0 Å². The van der Waals surface area contributed by atoms with Gasteiger partial charge in [-0.1, -0.05) is 46.4 Å². The van der Waals surface area contributed by atoms with E-state index < -0.39 is 23.0 Å². The molecule has 3 N–H and O–H groups in total. The second-order valence-electron chi connectivity index (χ2n) is 4.31. The SMILES string of the molecule is O=C(O)c1c(Cl)c(Cl)c(Cl)c(Cl)c1C(=O)Nc1ccc(O)cc1. The van der Waals surface area contributed by atoms with E-state index in [2.05, 4.69) is 5.32 Å². The molecule has 0 saturated heterocycles. The van der Waals surface area contributed by atoms with E-state index in [0.717, 1.165) is 0 Å². The van der Waals surface area contributed by atoms with E-state index in [-0.39, 0.29) is 25.8 Å². The van der Waals surface area contributed by atoms with Gasteiger partial charge in [0.05, 0.1) is 31.2 Å². The molecule has 1 amide bonds. The first-order valence-electron chi connectivity index (χ1n) is 5.93. The predicted octanol–water partition coefficient (Wildman–Crippen LogP) is 4.96. The number of aromatic carboxylic acids is 1. The summed E-state index contributed by atoms with van der Waals surface area (Å²) in [6.45, 7) is 0. The monoisotopic (exact) mass is 393 g/mol. The van der Waals surface area contributed by atoms with E-state index in [1.807, 2.05) is 0 Å². The summed E-state index contributed by atoms with van der Waals surface area (Å²) in [5, 5.41) is 19.7. The Morgan fingerprint density at radius 1 is 0.826 bits per heavy atom. The fourth-order valence-corrected chi connectivity index (χ4v) is 2.80. The Hall–Kier alpha value is -1.66. The molecular weight excluding hydrogens is 388 g/mol. The number of hydrogen-bond acceptors (Lipinski definition) is 3. The Morgan fingerprint density at radius 3 is 1.78 bits per heavy atom. The number of carbonyl (C=O) groups is 2. The second-order valence-corrected chi connectivity index (χ2v) is 5.82. The summed E-state index contributed by atoms with van der Waals surface area (Å²) >= 11 is 23.5. The smallest absolute Gasteiger partial charge is 0.338 e. The zero-order valence-corrected chi connectivity index (χ0v) is 14.1. The van der Waals surface area contributed by atoms with Gasteiger partial charge < -0.3 is 15.5 Å². The molecule has 120 valence electrons. The van der Waals surface area contributed by atoms with Crippen molar-refractivity contribution in [2.75, 3.05) is 5.32 Å². The van der Waals surface area contributed by atoms with Gasteiger partial charge >= 0.3 is 5.97 Å². The summed E-state index contributed by atoms with van der Waals surface area (Å²) < 4.78 is 0. The van der Waals surface area contributed by atoms with Crippen LogP contribution in [0, 0.1) is 0 Å². The number of carbonyl (C=O) groups excluding carboxylic acids is 1. The molecule has 9 heteroatoms. The van der Waals surface area contributed by atoms with Crippen molar-refractivity contribution in [3.63, 3.8) is 0 Å². The molecule has 5 nitrogen and oxygen atoms in total. The summed E-state index contributed by atoms with van der Waals surface area (Å²) in [5.41, 5.74) is -0.656. The fraction of sp³-hybridized carbons (Fsp3) is 0. The number of carboxylic acid groups (broad SMARTS) is 1. The maximum Gasteiger partial charge on any atom is 0.338 e. The molecule has 0 aliphatic carbocycles. The predicted molar refractivity (Wildman–Crippen MR) is 89.5 cm³/mol. The van der Waals surface area contributed by atoms with E-state index in [1.165, 1.54) is 24.3 Å². The van der Waals surface area contributed by atoms with Gasteiger partial charge in [0.25, 0.3) is 5.91 Å². The van der Waals surface area contributed by atoms with E-state index >= 15 is 0 Å². The van der Waals surface area contributed by atoms with Crippen LogP contribution in [-0.4, -0.2) is 22.1 Å². The highest BCUT2D eigenvalue weighted by atomic mass is 35.5. The molecule has 0 unspecified atom stereocenters. The van der Waals surface area contributed by atoms with Gasteiger partial charge in [0.15, 0.2) is 0 Å². The van der Waals surface area contributed by atoms with Crippen LogP contribution in [0.25, 0.3) is 0 Å². The highest BCUT2D eigenvalue weighted by Crippen LogP contribution is 2.41. The van der Waals surface area contributed by atoms with Crippen molar-refractivity contribution < 1.29 is 19.8 Å². The molecule has 0 aromatic heterocycles. The average molecular weight is 395 g/mol. The molecule has 2 rings (SSSR count). The molecule has 0 heterocycles. The van der Waals surface area contributed by atoms with E-state index in [0.29, 0.717) is 5.69 Å². The molecule has 2 aromatic rings. The van der Waals surface area contributed by atoms with Crippen LogP contribution in [0.3, 0.4) is 0 Å². The Labute approximate surface area is 150 Å². The number of benzene rings is 2. The van der Waals surface area contributed by atoms with Gasteiger partial charge in [0.1, 0.15) is 5.75 Å². The number of halogens is 4. The van der Waals surface area contributed by atoms with E-state index in [9.17, 15) is 19.8 Å². The van der Waals surface area contributed by atoms with Gasteiger partial charge in [0.2, 0.25) is 0 Å². The van der Waals surface area contributed by atoms with Gasteiger partial charge in [-0.05, 0) is 24.3 Å². The van der Waals surface area contributed by atoms with Crippen molar-refractivity contribution >= 4 is 64.0 Å². The van der Waals surface area contributed by atoms with Crippen LogP contribution in [0.2, 0.25) is 20.1 Å². The van der Waals surface area contributed by atoms with Gasteiger partial charge in [-0.25, -0.2) is 4.79 Å². The van der Waals surface area contributed by atoms with Crippen LogP contribution in [0.4, 0.5) is 5.69 Å². The topological polar surface area (TPSA) is 86.6 Å². The van der Waals surface area contributed by atoms with Crippen LogP contribution >= 0.6 is 46.4 Å². The first-order valence-corrected chi connectivity index (χ1v) is 7.44. The number of amides is 1. The van der Waals surface area contributed by atoms with Gasteiger partial charge in [0, 0.05) is 5.69 Å². The third-order valence-electron chi connectivity index (χ3n) is 2.83. The van der Waals surface area contributed by atoms with Crippen molar-refractivity contribution in [3.8, 4) is 5.75 Å². The number of carboxylic acids is 1. The molecule has 23 heavy (non-hydrogen) atoms. The van der Waals surface area contributed by atoms with Crippen molar-refractivity contribution in [1.82, 2.24) is 0 Å². The van der Waals surface area contributed by atoms with Crippen molar-refractivity contribution in [2.24, 2.45) is 0 Å². The minimum Gasteiger partial charge on any atom is -0.508 e. The lowest BCUT2D eigenvalue weighted by Gasteiger charge is -2.14. The molecule has 0 aliphatic rings. The average Bonchev–Trinajstić information content (AvgIpc) is 2.50. The maximum absolute atomic E-state index is 12.4. The van der Waals surface area contributed by atoms with Crippen LogP contribution in [0.1, 0.15) is 20.7 Å². The minimum absolute atomic E-state index is 0.00448. The lowest BCUT2D eigenvalue weighted by atomic mass is 10.1. The quantitative estimate of drug-likeness (QED) is 0.390. The molecule has 0 aliphatic heterocycles. The normalized spacial score (nSPS) is 10.4. The molecule has 2 aromatic carbocycles. The summed E-state index contributed by atoms with van der Waals surface area (Å²) in [5.74, 6) is -2.31. The summed E-state index contributed by atoms with van der Waals surface area (Å²) in [4.78, 5) is 23.8. The van der Waals surface area contributed by atoms with Gasteiger partial charge in [-0.2, -0.15) is 0 Å². The zero-order valence-electron chi connectivity index (χ0n) is 11.0. The largest absolute Gasteiger partial charge is 0.508 e. The van der Waals surface area contributed by atoms with Gasteiger partial charge in [-0.3, -0.25) is 4.79 Å². The second kappa shape index (κ2) is 6.84. The summed E-state index contributed by atoms with van der Waals surface area (Å²) in [7, 11) is 0. The lowest BCUT2D eigenvalue weighted by molar-refractivity contribution is 0.0692. The van der Waals surface area contributed by atoms with Crippen LogP contribution in [-0.2, 0) is 0 Å². The van der Waals surface area contributed by atoms with E-state index in [4.69, 9.17) is 46.4 Å². The third kappa shape index (κ3) is 3.48. The van der Waals surface area contributed by atoms with Crippen molar-refractivity contribution in [3.05, 3.63) is 55.5 Å². The Balaban J connectivity index is 2.55. The summed E-state index contributed by atoms with van der Waals surface area (Å²) in [6.07, 6.45) is 0. The van der Waals surface area contributed by atoms with Crippen LogP contribution < -0.4 is 5.32 Å². The summed E-state index contributed by atoms with van der Waals surface area (Å²) in [6, 6.07) is 5.52. The Morgan fingerprint density at radius 2 is 1.30 bits per heavy atom. The maximum atomic E-state index is 12.4. The molecule has 0 saturated carbocycles. The number of rotatable bonds is 3. The van der Waals surface area contributed by atoms with Crippen LogP contribution in [0.5, 0.6) is 5.75 Å². The number of nitrogens with one attached hydrogen (secondary N) is 1. The number of aromatic hydroxyl groups is 1. The Bertz CT molecular complexity index is 806. The number of phenolic OH excluding ortho intramolecular Hbond substituents is 1. The number of phenols is 1. The molecule has 0 spiro atoms. The lowest BCUT2D eigenvalue weighted by Crippen LogP contribution is -2.18. The molecule has 0 radical (unpaired) electrons. The van der Waals surface area contributed by atoms with Crippen molar-refractivity contribution in [2.45, 2.75) is 0 Å². The zero-order chi connectivity index (χ0) is 17.3.